The van der Waals surface area contributed by atoms with E-state index >= 15 is 0 Å². The van der Waals surface area contributed by atoms with E-state index < -0.39 is 0 Å². The van der Waals surface area contributed by atoms with Crippen molar-refractivity contribution in [2.45, 2.75) is 13.5 Å². The fourth-order valence-corrected chi connectivity index (χ4v) is 1.56. The summed E-state index contributed by atoms with van der Waals surface area (Å²) < 4.78 is 0. The Morgan fingerprint density at radius 3 is 2.94 bits per heavy atom. The minimum atomic E-state index is -0.126. The van der Waals surface area contributed by atoms with Gasteiger partial charge in [-0.3, -0.25) is 9.89 Å². The smallest absolute Gasteiger partial charge is 0.251 e. The molecule has 0 atom stereocenters. The molecule has 4 nitrogen and oxygen atoms in total. The number of nitrogens with one attached hydrogen (secondary N) is 2. The second-order valence-corrected chi connectivity index (χ2v) is 4.14. The molecule has 1 amide bonds. The topological polar surface area (TPSA) is 57.8 Å². The van der Waals surface area contributed by atoms with Gasteiger partial charge < -0.3 is 5.32 Å². The summed E-state index contributed by atoms with van der Waals surface area (Å²) in [5, 5.41) is 10.0. The van der Waals surface area contributed by atoms with Crippen LogP contribution in [0.4, 0.5) is 0 Å². The molecule has 0 bridgehead atoms. The molecule has 2 N–H and O–H groups in total. The largest absolute Gasteiger partial charge is 0.346 e. The van der Waals surface area contributed by atoms with E-state index in [1.54, 1.807) is 24.4 Å². The third kappa shape index (κ3) is 2.85. The molecule has 17 heavy (non-hydrogen) atoms. The quantitative estimate of drug-likeness (QED) is 0.877. The Bertz CT molecular complexity index is 523. The summed E-state index contributed by atoms with van der Waals surface area (Å²) in [6.45, 7) is 2.30. The van der Waals surface area contributed by atoms with E-state index in [4.69, 9.17) is 11.6 Å². The average Bonchev–Trinajstić information content (AvgIpc) is 2.82. The molecule has 2 rings (SSSR count). The van der Waals surface area contributed by atoms with Crippen LogP contribution in [-0.2, 0) is 6.54 Å². The lowest BCUT2D eigenvalue weighted by Gasteiger charge is -2.05. The van der Waals surface area contributed by atoms with Gasteiger partial charge in [0, 0.05) is 16.8 Å². The van der Waals surface area contributed by atoms with Gasteiger partial charge in [-0.15, -0.1) is 0 Å². The highest BCUT2D eigenvalue weighted by Gasteiger charge is 2.06. The maximum atomic E-state index is 11.8. The molecule has 0 saturated carbocycles. The second-order valence-electron chi connectivity index (χ2n) is 3.73. The van der Waals surface area contributed by atoms with Crippen LogP contribution in [0.25, 0.3) is 0 Å². The molecule has 1 heterocycles. The van der Waals surface area contributed by atoms with E-state index in [9.17, 15) is 4.79 Å². The lowest BCUT2D eigenvalue weighted by Crippen LogP contribution is -2.23. The molecule has 0 saturated heterocycles. The number of nitrogens with zero attached hydrogens (tertiary/aromatic N) is 1. The zero-order valence-electron chi connectivity index (χ0n) is 9.33. The van der Waals surface area contributed by atoms with Crippen molar-refractivity contribution >= 4 is 17.5 Å². The lowest BCUT2D eigenvalue weighted by molar-refractivity contribution is 0.0950. The van der Waals surface area contributed by atoms with E-state index in [2.05, 4.69) is 15.5 Å². The van der Waals surface area contributed by atoms with Crippen molar-refractivity contribution in [3.05, 3.63) is 52.3 Å². The van der Waals surface area contributed by atoms with Crippen molar-refractivity contribution in [3.63, 3.8) is 0 Å². The highest BCUT2D eigenvalue weighted by atomic mass is 35.5. The van der Waals surface area contributed by atoms with Crippen molar-refractivity contribution in [3.8, 4) is 0 Å². The standard InChI is InChI=1S/C12H12ClN3O/c1-8-6-9(2-3-11(8)13)12(17)14-7-10-4-5-15-16-10/h2-6H,7H2,1H3,(H,14,17)(H,15,16). The van der Waals surface area contributed by atoms with Crippen LogP contribution in [0, 0.1) is 6.92 Å². The summed E-state index contributed by atoms with van der Waals surface area (Å²) in [6, 6.07) is 7.01. The number of aryl methyl sites for hydroxylation is 1. The Morgan fingerprint density at radius 2 is 2.29 bits per heavy atom. The average molecular weight is 250 g/mol. The number of aromatic nitrogens is 2. The van der Waals surface area contributed by atoms with Crippen molar-refractivity contribution in [2.24, 2.45) is 0 Å². The molecule has 0 unspecified atom stereocenters. The number of carbonyl (C=O) groups is 1. The zero-order chi connectivity index (χ0) is 12.3. The molecule has 0 aliphatic rings. The Morgan fingerprint density at radius 1 is 1.47 bits per heavy atom. The summed E-state index contributed by atoms with van der Waals surface area (Å²) in [5.41, 5.74) is 2.36. The van der Waals surface area contributed by atoms with Gasteiger partial charge in [-0.25, -0.2) is 0 Å². The lowest BCUT2D eigenvalue weighted by atomic mass is 10.1. The predicted molar refractivity (Wildman–Crippen MR) is 65.9 cm³/mol. The Labute approximate surface area is 104 Å². The van der Waals surface area contributed by atoms with Crippen LogP contribution < -0.4 is 5.32 Å². The summed E-state index contributed by atoms with van der Waals surface area (Å²) in [4.78, 5) is 11.8. The number of rotatable bonds is 3. The minimum Gasteiger partial charge on any atom is -0.346 e. The summed E-state index contributed by atoms with van der Waals surface area (Å²) in [7, 11) is 0. The number of hydrogen-bond donors (Lipinski definition) is 2. The highest BCUT2D eigenvalue weighted by Crippen LogP contribution is 2.16. The van der Waals surface area contributed by atoms with E-state index in [0.29, 0.717) is 17.1 Å². The summed E-state index contributed by atoms with van der Waals surface area (Å²) in [5.74, 6) is -0.126. The molecule has 0 fully saturated rings. The SMILES string of the molecule is Cc1cc(C(=O)NCc2ccn[nH]2)ccc1Cl. The van der Waals surface area contributed by atoms with Gasteiger partial charge in [0.2, 0.25) is 0 Å². The summed E-state index contributed by atoms with van der Waals surface area (Å²) >= 11 is 5.90. The van der Waals surface area contributed by atoms with E-state index in [-0.39, 0.29) is 5.91 Å². The number of benzene rings is 1. The number of aromatic amines is 1. The van der Waals surface area contributed by atoms with Gasteiger partial charge in [-0.2, -0.15) is 5.10 Å². The fourth-order valence-electron chi connectivity index (χ4n) is 1.45. The third-order valence-electron chi connectivity index (χ3n) is 2.42. The van der Waals surface area contributed by atoms with Crippen molar-refractivity contribution in [2.75, 3.05) is 0 Å². The third-order valence-corrected chi connectivity index (χ3v) is 2.84. The number of carbonyl (C=O) groups excluding carboxylic acids is 1. The first-order valence-corrected chi connectivity index (χ1v) is 5.57. The molecule has 0 radical (unpaired) electrons. The Hall–Kier alpha value is -1.81. The number of H-pyrrole nitrogens is 1. The van der Waals surface area contributed by atoms with Gasteiger partial charge in [-0.1, -0.05) is 11.6 Å². The molecular weight excluding hydrogens is 238 g/mol. The van der Waals surface area contributed by atoms with Crippen molar-refractivity contribution in [1.29, 1.82) is 0 Å². The van der Waals surface area contributed by atoms with Crippen LogP contribution in [-0.4, -0.2) is 16.1 Å². The van der Waals surface area contributed by atoms with Gasteiger partial charge >= 0.3 is 0 Å². The van der Waals surface area contributed by atoms with Gasteiger partial charge in [-0.05, 0) is 36.8 Å². The highest BCUT2D eigenvalue weighted by molar-refractivity contribution is 6.31. The number of halogens is 1. The molecule has 0 aliphatic carbocycles. The van der Waals surface area contributed by atoms with Crippen LogP contribution in [0.3, 0.4) is 0 Å². The molecule has 88 valence electrons. The fraction of sp³-hybridized carbons (Fsp3) is 0.167. The molecule has 5 heteroatoms. The van der Waals surface area contributed by atoms with Gasteiger partial charge in [0.15, 0.2) is 0 Å². The summed E-state index contributed by atoms with van der Waals surface area (Å²) in [6.07, 6.45) is 1.65. The molecule has 0 aliphatic heterocycles. The number of hydrogen-bond acceptors (Lipinski definition) is 2. The molecule has 0 spiro atoms. The van der Waals surface area contributed by atoms with Gasteiger partial charge in [0.05, 0.1) is 12.2 Å². The maximum absolute atomic E-state index is 11.8. The molecule has 2 aromatic rings. The molecule has 1 aromatic heterocycles. The van der Waals surface area contributed by atoms with Gasteiger partial charge in [0.25, 0.3) is 5.91 Å². The van der Waals surface area contributed by atoms with Crippen LogP contribution in [0.2, 0.25) is 5.02 Å². The van der Waals surface area contributed by atoms with E-state index in [0.717, 1.165) is 11.3 Å². The monoisotopic (exact) mass is 249 g/mol. The molecular formula is C12H12ClN3O. The Kier molecular flexibility index (Phi) is 3.44. The maximum Gasteiger partial charge on any atom is 0.251 e. The zero-order valence-corrected chi connectivity index (χ0v) is 10.1. The van der Waals surface area contributed by atoms with Crippen molar-refractivity contribution < 1.29 is 4.79 Å². The second kappa shape index (κ2) is 5.01. The van der Waals surface area contributed by atoms with Gasteiger partial charge in [0.1, 0.15) is 0 Å². The normalized spacial score (nSPS) is 10.2. The first-order valence-electron chi connectivity index (χ1n) is 5.19. The van der Waals surface area contributed by atoms with Crippen LogP contribution in [0.5, 0.6) is 0 Å². The van der Waals surface area contributed by atoms with E-state index in [1.165, 1.54) is 0 Å². The molecule has 1 aromatic carbocycles. The van der Waals surface area contributed by atoms with Crippen LogP contribution >= 0.6 is 11.6 Å². The first kappa shape index (κ1) is 11.7. The first-order chi connectivity index (χ1) is 8.16. The number of amides is 1. The minimum absolute atomic E-state index is 0.126. The van der Waals surface area contributed by atoms with Crippen LogP contribution in [0.1, 0.15) is 21.6 Å². The van der Waals surface area contributed by atoms with Crippen LogP contribution in [0.15, 0.2) is 30.5 Å². The van der Waals surface area contributed by atoms with E-state index in [1.807, 2.05) is 13.0 Å². The predicted octanol–water partition coefficient (Wildman–Crippen LogP) is 2.30. The Balaban J connectivity index is 2.02. The van der Waals surface area contributed by atoms with Crippen molar-refractivity contribution in [1.82, 2.24) is 15.5 Å².